The Kier molecular flexibility index (Phi) is 6.23. The number of piperidine rings is 1. The molecule has 30 heavy (non-hydrogen) atoms. The number of likely N-dealkylation sites (tertiary alicyclic amines) is 1. The van der Waals surface area contributed by atoms with Crippen molar-refractivity contribution >= 4 is 23.2 Å². The molecule has 0 N–H and O–H groups in total. The van der Waals surface area contributed by atoms with Crippen LogP contribution < -0.4 is 0 Å². The van der Waals surface area contributed by atoms with Gasteiger partial charge in [-0.25, -0.2) is 9.78 Å². The Morgan fingerprint density at radius 1 is 0.967 bits per heavy atom. The molecule has 4 rings (SSSR count). The normalized spacial score (nSPS) is 14.9. The molecule has 0 radical (unpaired) electrons. The highest BCUT2D eigenvalue weighted by Gasteiger charge is 2.31. The van der Waals surface area contributed by atoms with Crippen molar-refractivity contribution in [3.05, 3.63) is 76.8 Å². The lowest BCUT2D eigenvalue weighted by Crippen LogP contribution is -2.40. The number of carbonyl (C=O) groups excluding carboxylic acids is 2. The zero-order chi connectivity index (χ0) is 20.9. The standard InChI is InChI=1S/C24H24N2O3S/c1-17-21(30-22(25-17)19-13-7-3-8-14-19)24(28)29-20(18-11-5-2-6-12-18)23(27)26-15-9-4-10-16-26/h2-3,5-8,11-14,20H,4,9-10,15-16H2,1H3/t20-/m1/s1. The molecule has 0 saturated carbocycles. The lowest BCUT2D eigenvalue weighted by Gasteiger charge is -2.30. The molecule has 0 spiro atoms. The molecular weight excluding hydrogens is 396 g/mol. The lowest BCUT2D eigenvalue weighted by atomic mass is 10.1. The summed E-state index contributed by atoms with van der Waals surface area (Å²) < 4.78 is 5.81. The van der Waals surface area contributed by atoms with E-state index < -0.39 is 12.1 Å². The molecule has 1 aliphatic heterocycles. The second-order valence-electron chi connectivity index (χ2n) is 7.38. The summed E-state index contributed by atoms with van der Waals surface area (Å²) in [6.45, 7) is 3.21. The molecule has 1 amide bonds. The minimum Gasteiger partial charge on any atom is -0.443 e. The topological polar surface area (TPSA) is 59.5 Å². The first-order valence-electron chi connectivity index (χ1n) is 10.2. The molecule has 1 aromatic heterocycles. The average molecular weight is 421 g/mol. The minimum atomic E-state index is -0.946. The molecule has 1 saturated heterocycles. The van der Waals surface area contributed by atoms with Crippen molar-refractivity contribution in [1.82, 2.24) is 9.88 Å². The minimum absolute atomic E-state index is 0.153. The van der Waals surface area contributed by atoms with Gasteiger partial charge in [-0.05, 0) is 26.2 Å². The molecule has 3 aromatic rings. The maximum Gasteiger partial charge on any atom is 0.351 e. The van der Waals surface area contributed by atoms with Crippen molar-refractivity contribution in [1.29, 1.82) is 0 Å². The van der Waals surface area contributed by atoms with Gasteiger partial charge in [0.15, 0.2) is 0 Å². The van der Waals surface area contributed by atoms with Crippen LogP contribution in [0.15, 0.2) is 60.7 Å². The number of ether oxygens (including phenoxy) is 1. The van der Waals surface area contributed by atoms with Gasteiger partial charge in [0, 0.05) is 24.2 Å². The van der Waals surface area contributed by atoms with Crippen LogP contribution in [0.5, 0.6) is 0 Å². The average Bonchev–Trinajstić information content (AvgIpc) is 3.20. The van der Waals surface area contributed by atoms with Crippen LogP contribution in [0.25, 0.3) is 10.6 Å². The highest BCUT2D eigenvalue weighted by Crippen LogP contribution is 2.30. The number of nitrogens with zero attached hydrogens (tertiary/aromatic N) is 2. The van der Waals surface area contributed by atoms with E-state index in [2.05, 4.69) is 4.98 Å². The van der Waals surface area contributed by atoms with E-state index in [1.165, 1.54) is 11.3 Å². The van der Waals surface area contributed by atoms with Gasteiger partial charge in [0.05, 0.1) is 5.69 Å². The summed E-state index contributed by atoms with van der Waals surface area (Å²) in [6, 6.07) is 19.0. The molecule has 1 aliphatic rings. The Morgan fingerprint density at radius 2 is 1.60 bits per heavy atom. The summed E-state index contributed by atoms with van der Waals surface area (Å²) >= 11 is 1.29. The van der Waals surface area contributed by atoms with E-state index in [9.17, 15) is 9.59 Å². The fourth-order valence-electron chi connectivity index (χ4n) is 3.62. The number of hydrogen-bond acceptors (Lipinski definition) is 5. The second-order valence-corrected chi connectivity index (χ2v) is 8.38. The van der Waals surface area contributed by atoms with Crippen LogP contribution in [0.3, 0.4) is 0 Å². The van der Waals surface area contributed by atoms with Gasteiger partial charge in [-0.1, -0.05) is 60.7 Å². The van der Waals surface area contributed by atoms with E-state index >= 15 is 0 Å². The predicted molar refractivity (Wildman–Crippen MR) is 117 cm³/mol. The number of aromatic nitrogens is 1. The number of hydrogen-bond donors (Lipinski definition) is 0. The van der Waals surface area contributed by atoms with E-state index in [-0.39, 0.29) is 5.91 Å². The van der Waals surface area contributed by atoms with Gasteiger partial charge < -0.3 is 9.64 Å². The summed E-state index contributed by atoms with van der Waals surface area (Å²) in [5.74, 6) is -0.661. The van der Waals surface area contributed by atoms with E-state index in [1.807, 2.05) is 65.6 Å². The number of thiazole rings is 1. The van der Waals surface area contributed by atoms with Gasteiger partial charge in [-0.15, -0.1) is 11.3 Å². The molecule has 154 valence electrons. The highest BCUT2D eigenvalue weighted by atomic mass is 32.1. The number of aryl methyl sites for hydroxylation is 1. The van der Waals surface area contributed by atoms with Gasteiger partial charge in [-0.2, -0.15) is 0 Å². The molecule has 0 bridgehead atoms. The smallest absolute Gasteiger partial charge is 0.351 e. The van der Waals surface area contributed by atoms with Gasteiger partial charge in [0.2, 0.25) is 6.10 Å². The molecule has 2 heterocycles. The molecule has 1 fully saturated rings. The zero-order valence-electron chi connectivity index (χ0n) is 16.9. The third kappa shape index (κ3) is 4.44. The Morgan fingerprint density at radius 3 is 2.27 bits per heavy atom. The number of carbonyl (C=O) groups is 2. The second kappa shape index (κ2) is 9.22. The largest absolute Gasteiger partial charge is 0.443 e. The first kappa shape index (κ1) is 20.3. The fraction of sp³-hybridized carbons (Fsp3) is 0.292. The summed E-state index contributed by atoms with van der Waals surface area (Å²) in [4.78, 5) is 33.1. The van der Waals surface area contributed by atoms with Crippen molar-refractivity contribution in [2.45, 2.75) is 32.3 Å². The lowest BCUT2D eigenvalue weighted by molar-refractivity contribution is -0.142. The van der Waals surface area contributed by atoms with Crippen LogP contribution in [0.1, 0.15) is 46.3 Å². The Labute approximate surface area is 180 Å². The summed E-state index contributed by atoms with van der Waals surface area (Å²) in [5.41, 5.74) is 2.25. The first-order chi connectivity index (χ1) is 14.6. The molecule has 2 aromatic carbocycles. The van der Waals surface area contributed by atoms with Crippen LogP contribution >= 0.6 is 11.3 Å². The molecule has 0 aliphatic carbocycles. The molecule has 5 nitrogen and oxygen atoms in total. The Bertz CT molecular complexity index is 1010. The van der Waals surface area contributed by atoms with Gasteiger partial charge in [0.25, 0.3) is 5.91 Å². The van der Waals surface area contributed by atoms with E-state index in [1.54, 1.807) is 6.92 Å². The fourth-order valence-corrected chi connectivity index (χ4v) is 4.57. The number of rotatable bonds is 5. The van der Waals surface area contributed by atoms with Crippen molar-refractivity contribution in [3.8, 4) is 10.6 Å². The van der Waals surface area contributed by atoms with Crippen molar-refractivity contribution < 1.29 is 14.3 Å². The van der Waals surface area contributed by atoms with Crippen molar-refractivity contribution in [3.63, 3.8) is 0 Å². The summed E-state index contributed by atoms with van der Waals surface area (Å²) in [6.07, 6.45) is 2.14. The van der Waals surface area contributed by atoms with E-state index in [0.29, 0.717) is 29.2 Å². The first-order valence-corrected chi connectivity index (χ1v) is 11.0. The van der Waals surface area contributed by atoms with Crippen molar-refractivity contribution in [2.75, 3.05) is 13.1 Å². The molecular formula is C24H24N2O3S. The number of amides is 1. The van der Waals surface area contributed by atoms with Gasteiger partial charge >= 0.3 is 5.97 Å². The van der Waals surface area contributed by atoms with Crippen LogP contribution in [-0.2, 0) is 9.53 Å². The number of esters is 1. The van der Waals surface area contributed by atoms with Crippen LogP contribution in [0.4, 0.5) is 0 Å². The maximum atomic E-state index is 13.2. The van der Waals surface area contributed by atoms with Crippen LogP contribution in [0.2, 0.25) is 0 Å². The number of benzene rings is 2. The SMILES string of the molecule is Cc1nc(-c2ccccc2)sc1C(=O)O[C@@H](C(=O)N1CCCCC1)c1ccccc1. The van der Waals surface area contributed by atoms with E-state index in [4.69, 9.17) is 4.74 Å². The van der Waals surface area contributed by atoms with Gasteiger partial charge in [0.1, 0.15) is 9.88 Å². The third-order valence-corrected chi connectivity index (χ3v) is 6.41. The third-order valence-electron chi connectivity index (χ3n) is 5.22. The van der Waals surface area contributed by atoms with E-state index in [0.717, 1.165) is 29.8 Å². The van der Waals surface area contributed by atoms with Crippen LogP contribution in [-0.4, -0.2) is 34.8 Å². The Hall–Kier alpha value is -2.99. The van der Waals surface area contributed by atoms with Gasteiger partial charge in [-0.3, -0.25) is 4.79 Å². The highest BCUT2D eigenvalue weighted by molar-refractivity contribution is 7.17. The Balaban J connectivity index is 1.59. The molecule has 6 heteroatoms. The molecule has 1 atom stereocenters. The van der Waals surface area contributed by atoms with Crippen LogP contribution in [0, 0.1) is 6.92 Å². The van der Waals surface area contributed by atoms with Crippen molar-refractivity contribution in [2.24, 2.45) is 0 Å². The summed E-state index contributed by atoms with van der Waals surface area (Å²) in [7, 11) is 0. The maximum absolute atomic E-state index is 13.2. The summed E-state index contributed by atoms with van der Waals surface area (Å²) in [5, 5.41) is 0.763. The predicted octanol–water partition coefficient (Wildman–Crippen LogP) is 5.03. The quantitative estimate of drug-likeness (QED) is 0.543. The zero-order valence-corrected chi connectivity index (χ0v) is 17.7. The molecule has 0 unspecified atom stereocenters. The monoisotopic (exact) mass is 420 g/mol.